The van der Waals surface area contributed by atoms with E-state index in [2.05, 4.69) is 5.32 Å². The summed E-state index contributed by atoms with van der Waals surface area (Å²) in [7, 11) is 0. The first-order valence-electron chi connectivity index (χ1n) is 10.5. The third kappa shape index (κ3) is 3.64. The molecule has 0 aliphatic carbocycles. The van der Waals surface area contributed by atoms with Crippen LogP contribution >= 0.6 is 11.8 Å². The SMILES string of the molecule is Cc1cccc(NC(=O)N2CCS[C@]23C(=O)N(Cc2cccc(F)c2)c2ccc(F)cc23)c1. The number of benzene rings is 3. The van der Waals surface area contributed by atoms with Crippen LogP contribution < -0.4 is 10.2 Å². The fraction of sp³-hybridized carbons (Fsp3) is 0.200. The fourth-order valence-corrected chi connectivity index (χ4v) is 5.93. The zero-order chi connectivity index (χ0) is 23.2. The second-order valence-corrected chi connectivity index (χ2v) is 9.41. The first-order chi connectivity index (χ1) is 15.9. The number of urea groups is 1. The van der Waals surface area contributed by atoms with Gasteiger partial charge in [0, 0.05) is 23.5 Å². The molecule has 8 heteroatoms. The number of thioether (sulfide) groups is 1. The molecule has 33 heavy (non-hydrogen) atoms. The highest BCUT2D eigenvalue weighted by atomic mass is 32.2. The average Bonchev–Trinajstić information content (AvgIpc) is 3.31. The maximum Gasteiger partial charge on any atom is 0.323 e. The van der Waals surface area contributed by atoms with E-state index in [4.69, 9.17) is 0 Å². The molecule has 1 saturated heterocycles. The number of nitrogens with one attached hydrogen (secondary N) is 1. The molecular weight excluding hydrogens is 444 g/mol. The van der Waals surface area contributed by atoms with Crippen LogP contribution in [0.25, 0.3) is 0 Å². The number of fused-ring (bicyclic) bond motifs is 2. The van der Waals surface area contributed by atoms with Crippen molar-refractivity contribution in [3.05, 3.63) is 95.1 Å². The number of rotatable bonds is 3. The summed E-state index contributed by atoms with van der Waals surface area (Å²) in [4.78, 5) is 28.8. The molecule has 2 heterocycles. The van der Waals surface area contributed by atoms with Gasteiger partial charge in [-0.3, -0.25) is 9.69 Å². The van der Waals surface area contributed by atoms with Gasteiger partial charge in [0.2, 0.25) is 0 Å². The molecule has 0 saturated carbocycles. The highest BCUT2D eigenvalue weighted by Gasteiger charge is 2.59. The molecule has 3 amide bonds. The number of hydrogen-bond donors (Lipinski definition) is 1. The molecule has 2 aliphatic heterocycles. The van der Waals surface area contributed by atoms with E-state index in [9.17, 15) is 18.4 Å². The number of carbonyl (C=O) groups excluding carboxylic acids is 2. The minimum absolute atomic E-state index is 0.116. The lowest BCUT2D eigenvalue weighted by Gasteiger charge is -2.33. The van der Waals surface area contributed by atoms with Crippen molar-refractivity contribution < 1.29 is 18.4 Å². The Morgan fingerprint density at radius 3 is 2.64 bits per heavy atom. The second kappa shape index (κ2) is 8.19. The summed E-state index contributed by atoms with van der Waals surface area (Å²) in [5.41, 5.74) is 3.17. The van der Waals surface area contributed by atoms with Crippen LogP contribution in [0.5, 0.6) is 0 Å². The molecule has 168 valence electrons. The van der Waals surface area contributed by atoms with Crippen LogP contribution in [0.1, 0.15) is 16.7 Å². The molecule has 0 unspecified atom stereocenters. The van der Waals surface area contributed by atoms with Crippen LogP contribution in [0, 0.1) is 18.6 Å². The fourth-order valence-electron chi connectivity index (χ4n) is 4.48. The highest BCUT2D eigenvalue weighted by Crippen LogP contribution is 2.54. The Hall–Kier alpha value is -3.39. The number of nitrogens with zero attached hydrogens (tertiary/aromatic N) is 2. The lowest BCUT2D eigenvalue weighted by Crippen LogP contribution is -2.51. The summed E-state index contributed by atoms with van der Waals surface area (Å²) >= 11 is 1.31. The normalized spacial score (nSPS) is 19.3. The van der Waals surface area contributed by atoms with Gasteiger partial charge in [-0.1, -0.05) is 24.3 Å². The van der Waals surface area contributed by atoms with Crippen LogP contribution in [-0.4, -0.2) is 29.1 Å². The number of amides is 3. The van der Waals surface area contributed by atoms with E-state index in [-0.39, 0.29) is 12.5 Å². The van der Waals surface area contributed by atoms with Gasteiger partial charge in [0.25, 0.3) is 5.91 Å². The maximum atomic E-state index is 14.3. The third-order valence-corrected chi connectivity index (χ3v) is 7.32. The van der Waals surface area contributed by atoms with Crippen molar-refractivity contribution in [2.45, 2.75) is 18.3 Å². The second-order valence-electron chi connectivity index (χ2n) is 8.13. The monoisotopic (exact) mass is 465 g/mol. The zero-order valence-electron chi connectivity index (χ0n) is 17.8. The van der Waals surface area contributed by atoms with Crippen LogP contribution in [-0.2, 0) is 16.2 Å². The highest BCUT2D eigenvalue weighted by molar-refractivity contribution is 8.01. The Morgan fingerprint density at radius 2 is 1.85 bits per heavy atom. The third-order valence-electron chi connectivity index (χ3n) is 5.90. The van der Waals surface area contributed by atoms with Gasteiger partial charge in [0.15, 0.2) is 4.87 Å². The number of anilines is 2. The van der Waals surface area contributed by atoms with Gasteiger partial charge >= 0.3 is 6.03 Å². The van der Waals surface area contributed by atoms with Gasteiger partial charge in [-0.15, -0.1) is 11.8 Å². The largest absolute Gasteiger partial charge is 0.323 e. The van der Waals surface area contributed by atoms with Crippen molar-refractivity contribution in [2.24, 2.45) is 0 Å². The number of carbonyl (C=O) groups is 2. The number of hydrogen-bond acceptors (Lipinski definition) is 3. The molecular formula is C25H21F2N3O2S. The smallest absolute Gasteiger partial charge is 0.308 e. The minimum atomic E-state index is -1.38. The summed E-state index contributed by atoms with van der Waals surface area (Å²) in [5, 5.41) is 2.87. The van der Waals surface area contributed by atoms with Crippen LogP contribution in [0.3, 0.4) is 0 Å². The van der Waals surface area contributed by atoms with E-state index < -0.39 is 22.5 Å². The van der Waals surface area contributed by atoms with E-state index >= 15 is 0 Å². The van der Waals surface area contributed by atoms with E-state index in [0.29, 0.717) is 34.8 Å². The summed E-state index contributed by atoms with van der Waals surface area (Å²) < 4.78 is 28.1. The van der Waals surface area contributed by atoms with Gasteiger partial charge in [0.05, 0.1) is 12.2 Å². The molecule has 5 nitrogen and oxygen atoms in total. The summed E-state index contributed by atoms with van der Waals surface area (Å²) in [6.07, 6.45) is 0. The quantitative estimate of drug-likeness (QED) is 0.575. The van der Waals surface area contributed by atoms with Crippen molar-refractivity contribution in [1.82, 2.24) is 4.90 Å². The van der Waals surface area contributed by atoms with Crippen molar-refractivity contribution in [3.63, 3.8) is 0 Å². The molecule has 5 rings (SSSR count). The van der Waals surface area contributed by atoms with Crippen LogP contribution in [0.4, 0.5) is 25.0 Å². The molecule has 2 aliphatic rings. The molecule has 3 aromatic carbocycles. The average molecular weight is 466 g/mol. The summed E-state index contributed by atoms with van der Waals surface area (Å²) in [6, 6.07) is 17.1. The topological polar surface area (TPSA) is 52.7 Å². The van der Waals surface area contributed by atoms with Gasteiger partial charge in [-0.25, -0.2) is 13.6 Å². The van der Waals surface area contributed by atoms with Crippen molar-refractivity contribution in [3.8, 4) is 0 Å². The Kier molecular flexibility index (Phi) is 5.32. The van der Waals surface area contributed by atoms with E-state index in [1.54, 1.807) is 24.3 Å². The van der Waals surface area contributed by atoms with Gasteiger partial charge < -0.3 is 10.2 Å². The minimum Gasteiger partial charge on any atom is -0.308 e. The molecule has 0 bridgehead atoms. The lowest BCUT2D eigenvalue weighted by atomic mass is 10.1. The molecule has 1 N–H and O–H groups in total. The predicted molar refractivity (Wildman–Crippen MR) is 125 cm³/mol. The molecule has 0 radical (unpaired) electrons. The van der Waals surface area contributed by atoms with E-state index in [1.807, 2.05) is 25.1 Å². The van der Waals surface area contributed by atoms with Crippen molar-refractivity contribution >= 4 is 35.1 Å². The van der Waals surface area contributed by atoms with Crippen molar-refractivity contribution in [2.75, 3.05) is 22.5 Å². The van der Waals surface area contributed by atoms with Gasteiger partial charge in [-0.2, -0.15) is 0 Å². The Labute approximate surface area is 194 Å². The standard InChI is InChI=1S/C25H21F2N3O2S/c1-16-4-2-7-20(12-16)28-24(32)30-10-11-33-25(30)21-14-19(27)8-9-22(21)29(23(25)31)15-17-5-3-6-18(26)13-17/h2-9,12-14H,10-11,15H2,1H3,(H,28,32)/t25-/m1/s1. The molecule has 1 spiro atoms. The molecule has 3 aromatic rings. The Morgan fingerprint density at radius 1 is 1.06 bits per heavy atom. The first kappa shape index (κ1) is 21.5. The van der Waals surface area contributed by atoms with Gasteiger partial charge in [-0.05, 0) is 60.5 Å². The molecule has 1 fully saturated rings. The van der Waals surface area contributed by atoms with Crippen molar-refractivity contribution in [1.29, 1.82) is 0 Å². The maximum absolute atomic E-state index is 14.3. The Balaban J connectivity index is 1.54. The predicted octanol–water partition coefficient (Wildman–Crippen LogP) is 5.25. The van der Waals surface area contributed by atoms with E-state index in [1.165, 1.54) is 45.8 Å². The summed E-state index contributed by atoms with van der Waals surface area (Å²) in [6.45, 7) is 2.37. The first-order valence-corrected chi connectivity index (χ1v) is 11.5. The van der Waals surface area contributed by atoms with E-state index in [0.717, 1.165) is 5.56 Å². The summed E-state index contributed by atoms with van der Waals surface area (Å²) in [5.74, 6) is -0.701. The Bertz CT molecular complexity index is 1270. The number of aryl methyl sites for hydroxylation is 1. The van der Waals surface area contributed by atoms with Gasteiger partial charge in [0.1, 0.15) is 11.6 Å². The molecule has 1 atom stereocenters. The molecule has 0 aromatic heterocycles. The zero-order valence-corrected chi connectivity index (χ0v) is 18.7. The van der Waals surface area contributed by atoms with Crippen LogP contribution in [0.2, 0.25) is 0 Å². The lowest BCUT2D eigenvalue weighted by molar-refractivity contribution is -0.123. The number of halogens is 2. The van der Waals surface area contributed by atoms with Crippen LogP contribution in [0.15, 0.2) is 66.7 Å².